The molecule has 4 aromatic heterocycles. The van der Waals surface area contributed by atoms with Crippen LogP contribution >= 0.6 is 0 Å². The van der Waals surface area contributed by atoms with Crippen molar-refractivity contribution < 1.29 is 43.3 Å². The van der Waals surface area contributed by atoms with Crippen LogP contribution in [0.5, 0.6) is 0 Å². The van der Waals surface area contributed by atoms with E-state index in [0.29, 0.717) is 131 Å². The van der Waals surface area contributed by atoms with E-state index in [1.165, 1.54) is 15.8 Å². The van der Waals surface area contributed by atoms with Crippen LogP contribution in [-0.4, -0.2) is 148 Å². The minimum atomic E-state index is -0.637. The van der Waals surface area contributed by atoms with Crippen molar-refractivity contribution in [3.63, 3.8) is 0 Å². The molecule has 4 aliphatic heterocycles. The number of carbonyl (C=O) groups is 5. The number of rotatable bonds is 20. The maximum Gasteiger partial charge on any atom is 0.317 e. The number of anilines is 4. The molecule has 8 heterocycles. The number of nitrogens with zero attached hydrogens (tertiary/aromatic N) is 8. The first-order valence-corrected chi connectivity index (χ1v) is 27.0. The number of benzene rings is 1. The van der Waals surface area contributed by atoms with Gasteiger partial charge in [0.15, 0.2) is 0 Å². The number of piperidine rings is 1. The Morgan fingerprint density at radius 3 is 2.42 bits per heavy atom. The highest BCUT2D eigenvalue weighted by Crippen LogP contribution is 2.40. The molecule has 1 unspecified atom stereocenters. The Morgan fingerprint density at radius 2 is 1.67 bits per heavy atom. The van der Waals surface area contributed by atoms with Gasteiger partial charge in [-0.05, 0) is 103 Å². The van der Waals surface area contributed by atoms with Crippen LogP contribution in [0.2, 0.25) is 0 Å². The number of aryl methyl sites for hydroxylation is 2. The number of fused-ring (bicyclic) bond motifs is 4. The second kappa shape index (κ2) is 23.2. The van der Waals surface area contributed by atoms with Crippen LogP contribution in [0, 0.1) is 5.41 Å². The molecule has 1 aromatic carbocycles. The quantitative estimate of drug-likeness (QED) is 0.0628. The third-order valence-corrected chi connectivity index (χ3v) is 15.5. The summed E-state index contributed by atoms with van der Waals surface area (Å²) in [5.41, 5.74) is 8.59. The van der Waals surface area contributed by atoms with Crippen LogP contribution < -0.4 is 31.3 Å². The van der Waals surface area contributed by atoms with Gasteiger partial charge in [-0.1, -0.05) is 26.0 Å². The standard InChI is InChI=1S/C57H69N11O10/c1-36-32-64(56(75)59-16-22-77-24-26-78-25-23-76-21-6-8-37-7-5-9-42-43(37)34-68(53(42)72)46-11-13-50(70)62-52(46)71)17-18-65(36)40-10-12-49(60-31-40)61-45-27-39(33-63(4)54(45)73)41-14-15-58-51(44(41)35-69)67-20-19-66-47(55(67)74)28-38-29-57(2,3)30-48(38)66/h5,7,9-10,12,14-15,27-28,31,33,36,46,69H,6,8,11,13,16-26,29-30,32,34-35H2,1-4H3,(H,59,75)(H,60,61)(H,62,70,71)/t36-,46?/m0/s1. The maximum atomic E-state index is 14.0. The van der Waals surface area contributed by atoms with Crippen LogP contribution in [0.1, 0.15) is 88.8 Å². The fourth-order valence-electron chi connectivity index (χ4n) is 11.6. The summed E-state index contributed by atoms with van der Waals surface area (Å²) in [6.45, 7) is 12.1. The Kier molecular flexibility index (Phi) is 16.1. The molecule has 21 nitrogen and oxygen atoms in total. The fraction of sp³-hybridized carbons (Fsp3) is 0.474. The number of pyridine rings is 3. The molecular weight excluding hydrogens is 999 g/mol. The van der Waals surface area contributed by atoms with E-state index in [9.17, 15) is 33.9 Å². The van der Waals surface area contributed by atoms with Crippen molar-refractivity contribution in [2.24, 2.45) is 12.5 Å². The number of carbonyl (C=O) groups excluding carboxylic acids is 5. The van der Waals surface area contributed by atoms with Gasteiger partial charge in [0.05, 0.1) is 51.5 Å². The normalized spacial score (nSPS) is 18.8. The van der Waals surface area contributed by atoms with Crippen LogP contribution in [-0.2, 0) is 69.8 Å². The lowest BCUT2D eigenvalue weighted by molar-refractivity contribution is -0.136. The minimum absolute atomic E-state index is 0.00721. The summed E-state index contributed by atoms with van der Waals surface area (Å²) in [6, 6.07) is 14.2. The first-order chi connectivity index (χ1) is 37.7. The van der Waals surface area contributed by atoms with Crippen LogP contribution in [0.3, 0.4) is 0 Å². The molecule has 4 N–H and O–H groups in total. The van der Waals surface area contributed by atoms with Crippen molar-refractivity contribution in [3.8, 4) is 11.1 Å². The zero-order valence-electron chi connectivity index (χ0n) is 44.8. The Morgan fingerprint density at radius 1 is 0.872 bits per heavy atom. The number of nitrogens with one attached hydrogen (secondary N) is 3. The number of hydrogen-bond donors (Lipinski definition) is 4. The van der Waals surface area contributed by atoms with Crippen LogP contribution in [0.15, 0.2) is 71.9 Å². The Hall–Kier alpha value is -7.46. The van der Waals surface area contributed by atoms with E-state index in [1.807, 2.05) is 30.3 Å². The zero-order valence-corrected chi connectivity index (χ0v) is 44.8. The predicted octanol–water partition coefficient (Wildman–Crippen LogP) is 4.33. The topological polar surface area (TPSA) is 235 Å². The second-order valence-electron chi connectivity index (χ2n) is 21.5. The van der Waals surface area contributed by atoms with Crippen molar-refractivity contribution in [1.29, 1.82) is 0 Å². The van der Waals surface area contributed by atoms with Gasteiger partial charge >= 0.3 is 6.03 Å². The van der Waals surface area contributed by atoms with E-state index >= 15 is 0 Å². The lowest BCUT2D eigenvalue weighted by Gasteiger charge is -2.41. The number of aliphatic hydroxyl groups excluding tert-OH is 1. The molecule has 0 bridgehead atoms. The molecule has 0 spiro atoms. The maximum absolute atomic E-state index is 14.0. The van der Waals surface area contributed by atoms with Crippen molar-refractivity contribution in [3.05, 3.63) is 117 Å². The van der Waals surface area contributed by atoms with E-state index < -0.39 is 11.9 Å². The molecular formula is C57H69N11O10. The molecule has 412 valence electrons. The lowest BCUT2D eigenvalue weighted by Crippen LogP contribution is -2.56. The van der Waals surface area contributed by atoms with Gasteiger partial charge in [-0.3, -0.25) is 34.2 Å². The van der Waals surface area contributed by atoms with Gasteiger partial charge in [-0.25, -0.2) is 14.8 Å². The Bertz CT molecular complexity index is 3150. The monoisotopic (exact) mass is 1070 g/mol. The molecule has 0 saturated carbocycles. The highest BCUT2D eigenvalue weighted by molar-refractivity contribution is 6.07. The molecule has 21 heteroatoms. The molecule has 6 amide bonds. The van der Waals surface area contributed by atoms with Crippen LogP contribution in [0.25, 0.3) is 11.1 Å². The highest BCUT2D eigenvalue weighted by atomic mass is 16.5. The van der Waals surface area contributed by atoms with E-state index in [-0.39, 0.29) is 59.5 Å². The summed E-state index contributed by atoms with van der Waals surface area (Å²) in [6.07, 6.45) is 8.99. The summed E-state index contributed by atoms with van der Waals surface area (Å²) in [5.74, 6) is -0.173. The summed E-state index contributed by atoms with van der Waals surface area (Å²) in [7, 11) is 1.67. The smallest absolute Gasteiger partial charge is 0.317 e. The summed E-state index contributed by atoms with van der Waals surface area (Å²) in [4.78, 5) is 94.2. The second-order valence-corrected chi connectivity index (χ2v) is 21.5. The average molecular weight is 1070 g/mol. The first-order valence-electron chi connectivity index (χ1n) is 27.0. The van der Waals surface area contributed by atoms with Gasteiger partial charge in [-0.15, -0.1) is 0 Å². The number of ether oxygens (including phenoxy) is 3. The summed E-state index contributed by atoms with van der Waals surface area (Å²) >= 11 is 0. The molecule has 10 rings (SSSR count). The third kappa shape index (κ3) is 11.4. The number of piperazine rings is 1. The lowest BCUT2D eigenvalue weighted by atomic mass is 9.90. The Labute approximate surface area is 452 Å². The van der Waals surface area contributed by atoms with Crippen molar-refractivity contribution >= 4 is 52.7 Å². The minimum Gasteiger partial charge on any atom is -0.392 e. The number of hydrogen-bond acceptors (Lipinski definition) is 14. The van der Waals surface area contributed by atoms with Gasteiger partial charge in [0.1, 0.15) is 29.1 Å². The van der Waals surface area contributed by atoms with Gasteiger partial charge in [-0.2, -0.15) is 0 Å². The van der Waals surface area contributed by atoms with Gasteiger partial charge < -0.3 is 53.8 Å². The average Bonchev–Trinajstić information content (AvgIpc) is 4.08. The Balaban J connectivity index is 0.621. The number of aliphatic hydroxyl groups is 1. The first kappa shape index (κ1) is 53.9. The SMILES string of the molecule is C[C@H]1CN(C(=O)NCCOCCOCCOCCCc2cccc3c2CN(C2CCC(=O)NC2=O)C3=O)CCN1c1ccc(Nc2cc(-c3ccnc(N4CCn5c(cc6c5CC(C)(C)C6)C4=O)c3CO)cn(C)c2=O)nc1. The van der Waals surface area contributed by atoms with Gasteiger partial charge in [0.2, 0.25) is 11.8 Å². The number of amides is 6. The number of aromatic nitrogens is 4. The third-order valence-electron chi connectivity index (χ3n) is 15.5. The predicted molar refractivity (Wildman–Crippen MR) is 291 cm³/mol. The van der Waals surface area contributed by atoms with E-state index in [0.717, 1.165) is 42.5 Å². The van der Waals surface area contributed by atoms with Crippen LogP contribution in [0.4, 0.5) is 27.8 Å². The molecule has 2 atom stereocenters. The van der Waals surface area contributed by atoms with Crippen molar-refractivity contribution in [1.82, 2.24) is 39.5 Å². The van der Waals surface area contributed by atoms with E-state index in [4.69, 9.17) is 14.2 Å². The molecule has 2 fully saturated rings. The fourth-order valence-corrected chi connectivity index (χ4v) is 11.6. The molecule has 5 aromatic rings. The number of imide groups is 1. The largest absolute Gasteiger partial charge is 0.392 e. The highest BCUT2D eigenvalue weighted by Gasteiger charge is 2.41. The molecule has 1 aliphatic carbocycles. The van der Waals surface area contributed by atoms with Crippen molar-refractivity contribution in [2.45, 2.75) is 91.1 Å². The van der Waals surface area contributed by atoms with E-state index in [2.05, 4.69) is 56.2 Å². The van der Waals surface area contributed by atoms with Gasteiger partial charge in [0.25, 0.3) is 17.4 Å². The number of urea groups is 1. The molecule has 0 radical (unpaired) electrons. The zero-order chi connectivity index (χ0) is 54.7. The summed E-state index contributed by atoms with van der Waals surface area (Å²) < 4.78 is 20.7. The van der Waals surface area contributed by atoms with E-state index in [1.54, 1.807) is 58.5 Å². The summed E-state index contributed by atoms with van der Waals surface area (Å²) in [5, 5.41) is 19.3. The van der Waals surface area contributed by atoms with Crippen molar-refractivity contribution in [2.75, 3.05) is 87.5 Å². The molecule has 78 heavy (non-hydrogen) atoms. The van der Waals surface area contributed by atoms with Gasteiger partial charge in [0, 0.05) is 107 Å². The molecule has 2 saturated heterocycles. The molecule has 5 aliphatic rings.